The van der Waals surface area contributed by atoms with Crippen LogP contribution >= 0.6 is 0 Å². The highest BCUT2D eigenvalue weighted by molar-refractivity contribution is 5.89. The van der Waals surface area contributed by atoms with E-state index in [1.54, 1.807) is 0 Å². The molecule has 0 aliphatic carbocycles. The number of ether oxygens (including phenoxy) is 1. The summed E-state index contributed by atoms with van der Waals surface area (Å²) in [6.07, 6.45) is 2.51. The van der Waals surface area contributed by atoms with Crippen LogP contribution in [0.15, 0.2) is 16.9 Å². The van der Waals surface area contributed by atoms with E-state index in [1.165, 1.54) is 12.1 Å². The molecule has 0 saturated carbocycles. The van der Waals surface area contributed by atoms with E-state index in [0.29, 0.717) is 12.4 Å². The molecule has 19 heavy (non-hydrogen) atoms. The number of carbonyl (C=O) groups excluding carboxylic acids is 1. The predicted molar refractivity (Wildman–Crippen MR) is 69.9 cm³/mol. The molecule has 1 aliphatic rings. The third kappa shape index (κ3) is 4.80. The van der Waals surface area contributed by atoms with Gasteiger partial charge in [-0.05, 0) is 32.0 Å². The number of hydrogen-bond acceptors (Lipinski definition) is 5. The second-order valence-corrected chi connectivity index (χ2v) is 4.42. The Morgan fingerprint density at radius 1 is 1.42 bits per heavy atom. The zero-order chi connectivity index (χ0) is 13.5. The maximum atomic E-state index is 11.6. The summed E-state index contributed by atoms with van der Waals surface area (Å²) in [5.74, 6) is 0.167. The first-order valence-electron chi connectivity index (χ1n) is 6.42. The van der Waals surface area contributed by atoms with Crippen LogP contribution in [0.3, 0.4) is 0 Å². The van der Waals surface area contributed by atoms with Crippen molar-refractivity contribution in [3.8, 4) is 0 Å². The fourth-order valence-electron chi connectivity index (χ4n) is 1.90. The van der Waals surface area contributed by atoms with Gasteiger partial charge in [0.05, 0.1) is 19.1 Å². The van der Waals surface area contributed by atoms with Crippen LogP contribution in [0.25, 0.3) is 0 Å². The topological polar surface area (TPSA) is 96.1 Å². The number of carbonyl (C=O) groups is 1. The molecule has 0 aromatic carbocycles. The summed E-state index contributed by atoms with van der Waals surface area (Å²) >= 11 is 0. The minimum atomic E-state index is -0.299. The van der Waals surface area contributed by atoms with Crippen molar-refractivity contribution in [1.29, 1.82) is 0 Å². The number of aromatic amines is 1. The standard InChI is InChI=1S/C12H18N4O3/c17-11(14-10-1-2-12(18)16-15-10)5-8-19-9-3-6-13-7-4-9/h1-2,9,13H,3-8H2,(H,16,18)(H,14,15,17). The van der Waals surface area contributed by atoms with Crippen molar-refractivity contribution in [3.05, 3.63) is 22.5 Å². The minimum Gasteiger partial charge on any atom is -0.378 e. The fourth-order valence-corrected chi connectivity index (χ4v) is 1.90. The minimum absolute atomic E-state index is 0.173. The molecule has 1 fully saturated rings. The van der Waals surface area contributed by atoms with Crippen molar-refractivity contribution >= 4 is 11.7 Å². The molecule has 2 rings (SSSR count). The molecular weight excluding hydrogens is 248 g/mol. The van der Waals surface area contributed by atoms with E-state index >= 15 is 0 Å². The van der Waals surface area contributed by atoms with Gasteiger partial charge >= 0.3 is 0 Å². The molecule has 7 nitrogen and oxygen atoms in total. The van der Waals surface area contributed by atoms with Gasteiger partial charge in [0.1, 0.15) is 0 Å². The lowest BCUT2D eigenvalue weighted by Gasteiger charge is -2.22. The largest absolute Gasteiger partial charge is 0.378 e. The molecule has 1 aromatic heterocycles. The summed E-state index contributed by atoms with van der Waals surface area (Å²) in [5.41, 5.74) is -0.299. The Hall–Kier alpha value is -1.73. The van der Waals surface area contributed by atoms with Crippen LogP contribution < -0.4 is 16.2 Å². The van der Waals surface area contributed by atoms with Gasteiger partial charge in [-0.15, -0.1) is 0 Å². The van der Waals surface area contributed by atoms with Gasteiger partial charge in [-0.1, -0.05) is 0 Å². The van der Waals surface area contributed by atoms with E-state index in [0.717, 1.165) is 25.9 Å². The fraction of sp³-hybridized carbons (Fsp3) is 0.583. The van der Waals surface area contributed by atoms with E-state index in [4.69, 9.17) is 4.74 Å². The quantitative estimate of drug-likeness (QED) is 0.689. The third-order valence-corrected chi connectivity index (χ3v) is 2.92. The van der Waals surface area contributed by atoms with Crippen molar-refractivity contribution in [2.24, 2.45) is 0 Å². The molecule has 104 valence electrons. The van der Waals surface area contributed by atoms with E-state index in [-0.39, 0.29) is 24.0 Å². The van der Waals surface area contributed by atoms with Gasteiger partial charge < -0.3 is 15.4 Å². The number of aromatic nitrogens is 2. The van der Waals surface area contributed by atoms with Gasteiger partial charge in [0.25, 0.3) is 5.56 Å². The Labute approximate surface area is 110 Å². The lowest BCUT2D eigenvalue weighted by molar-refractivity contribution is -0.117. The summed E-state index contributed by atoms with van der Waals surface area (Å²) in [4.78, 5) is 22.4. The Kier molecular flexibility index (Phi) is 5.05. The molecule has 0 unspecified atom stereocenters. The number of nitrogens with zero attached hydrogens (tertiary/aromatic N) is 1. The second-order valence-electron chi connectivity index (χ2n) is 4.42. The monoisotopic (exact) mass is 266 g/mol. The zero-order valence-electron chi connectivity index (χ0n) is 10.6. The molecule has 1 saturated heterocycles. The van der Waals surface area contributed by atoms with E-state index in [1.807, 2.05) is 0 Å². The Morgan fingerprint density at radius 2 is 2.21 bits per heavy atom. The molecule has 3 N–H and O–H groups in total. The lowest BCUT2D eigenvalue weighted by atomic mass is 10.1. The third-order valence-electron chi connectivity index (χ3n) is 2.92. The smallest absolute Gasteiger partial charge is 0.264 e. The summed E-state index contributed by atoms with van der Waals surface area (Å²) in [7, 11) is 0. The van der Waals surface area contributed by atoms with Crippen molar-refractivity contribution in [2.45, 2.75) is 25.4 Å². The number of nitrogens with one attached hydrogen (secondary N) is 3. The highest BCUT2D eigenvalue weighted by Crippen LogP contribution is 2.07. The number of rotatable bonds is 5. The Balaban J connectivity index is 1.66. The first-order valence-corrected chi connectivity index (χ1v) is 6.42. The maximum Gasteiger partial charge on any atom is 0.264 e. The van der Waals surface area contributed by atoms with Crippen LogP contribution in [0.2, 0.25) is 0 Å². The summed E-state index contributed by atoms with van der Waals surface area (Å²) in [6, 6.07) is 2.78. The number of anilines is 1. The SMILES string of the molecule is O=C(CCOC1CCNCC1)Nc1ccc(=O)[nH]n1. The molecule has 2 heterocycles. The summed E-state index contributed by atoms with van der Waals surface area (Å²) < 4.78 is 5.63. The molecule has 7 heteroatoms. The highest BCUT2D eigenvalue weighted by Gasteiger charge is 2.13. The van der Waals surface area contributed by atoms with E-state index in [9.17, 15) is 9.59 Å². The molecule has 1 aliphatic heterocycles. The molecule has 0 bridgehead atoms. The van der Waals surface area contributed by atoms with Crippen molar-refractivity contribution < 1.29 is 9.53 Å². The molecule has 0 atom stereocenters. The predicted octanol–water partition coefficient (Wildman–Crippen LogP) is -0.133. The molecular formula is C12H18N4O3. The summed E-state index contributed by atoms with van der Waals surface area (Å²) in [6.45, 7) is 2.34. The highest BCUT2D eigenvalue weighted by atomic mass is 16.5. The number of amides is 1. The Bertz CT molecular complexity index is 448. The van der Waals surface area contributed by atoms with Gasteiger partial charge in [-0.3, -0.25) is 9.59 Å². The van der Waals surface area contributed by atoms with Crippen LogP contribution in [0.5, 0.6) is 0 Å². The Morgan fingerprint density at radius 3 is 2.89 bits per heavy atom. The van der Waals surface area contributed by atoms with Gasteiger partial charge in [0.2, 0.25) is 5.91 Å². The average molecular weight is 266 g/mol. The van der Waals surface area contributed by atoms with E-state index < -0.39 is 0 Å². The van der Waals surface area contributed by atoms with E-state index in [2.05, 4.69) is 20.8 Å². The number of hydrogen-bond donors (Lipinski definition) is 3. The van der Waals surface area contributed by atoms with Gasteiger partial charge in [-0.2, -0.15) is 5.10 Å². The van der Waals surface area contributed by atoms with Crippen LogP contribution in [-0.4, -0.2) is 41.9 Å². The molecule has 0 spiro atoms. The molecule has 1 amide bonds. The first-order chi connectivity index (χ1) is 9.24. The van der Waals surface area contributed by atoms with Crippen molar-refractivity contribution in [1.82, 2.24) is 15.5 Å². The maximum absolute atomic E-state index is 11.6. The van der Waals surface area contributed by atoms with Crippen LogP contribution in [0.1, 0.15) is 19.3 Å². The van der Waals surface area contributed by atoms with Gasteiger partial charge in [0.15, 0.2) is 5.82 Å². The average Bonchev–Trinajstić information content (AvgIpc) is 2.43. The van der Waals surface area contributed by atoms with Gasteiger partial charge in [-0.25, -0.2) is 5.10 Å². The zero-order valence-corrected chi connectivity index (χ0v) is 10.6. The summed E-state index contributed by atoms with van der Waals surface area (Å²) in [5, 5.41) is 11.8. The molecule has 0 radical (unpaired) electrons. The van der Waals surface area contributed by atoms with Crippen molar-refractivity contribution in [2.75, 3.05) is 25.0 Å². The number of piperidine rings is 1. The van der Waals surface area contributed by atoms with Gasteiger partial charge in [0, 0.05) is 6.07 Å². The van der Waals surface area contributed by atoms with Crippen LogP contribution in [-0.2, 0) is 9.53 Å². The lowest BCUT2D eigenvalue weighted by Crippen LogP contribution is -2.33. The first kappa shape index (κ1) is 13.7. The van der Waals surface area contributed by atoms with Crippen LogP contribution in [0.4, 0.5) is 5.82 Å². The number of H-pyrrole nitrogens is 1. The van der Waals surface area contributed by atoms with Crippen molar-refractivity contribution in [3.63, 3.8) is 0 Å². The normalized spacial score (nSPS) is 16.2. The molecule has 1 aromatic rings. The van der Waals surface area contributed by atoms with Crippen LogP contribution in [0, 0.1) is 0 Å². The second kappa shape index (κ2) is 7.01.